The van der Waals surface area contributed by atoms with Gasteiger partial charge >= 0.3 is 0 Å². The zero-order valence-electron chi connectivity index (χ0n) is 6.80. The summed E-state index contributed by atoms with van der Waals surface area (Å²) in [5, 5.41) is 9.26. The Bertz CT molecular complexity index is 117. The molecule has 0 unspecified atom stereocenters. The summed E-state index contributed by atoms with van der Waals surface area (Å²) in [5.41, 5.74) is -0.536. The monoisotopic (exact) mass is 140 g/mol. The van der Waals surface area contributed by atoms with E-state index in [1.54, 1.807) is 6.08 Å². The Balaban J connectivity index is 3.37. The van der Waals surface area contributed by atoms with Crippen molar-refractivity contribution in [1.82, 2.24) is 0 Å². The Labute approximate surface area is 63.1 Å². The molecule has 0 spiro atoms. The Morgan fingerprint density at radius 1 is 1.50 bits per heavy atom. The lowest BCUT2D eigenvalue weighted by Crippen LogP contribution is -2.17. The van der Waals surface area contributed by atoms with Gasteiger partial charge in [0, 0.05) is 0 Å². The molecule has 0 saturated carbocycles. The van der Waals surface area contributed by atoms with Gasteiger partial charge in [0.1, 0.15) is 0 Å². The van der Waals surface area contributed by atoms with Crippen LogP contribution in [-0.4, -0.2) is 10.7 Å². The number of allylic oxidation sites excluding steroid dienone is 3. The van der Waals surface area contributed by atoms with Crippen molar-refractivity contribution >= 4 is 0 Å². The molecule has 0 aromatic rings. The van der Waals surface area contributed by atoms with Crippen LogP contribution in [0.2, 0.25) is 0 Å². The summed E-state index contributed by atoms with van der Waals surface area (Å²) in [6, 6.07) is 0. The van der Waals surface area contributed by atoms with E-state index >= 15 is 0 Å². The molecule has 0 bridgehead atoms. The first-order chi connectivity index (χ1) is 4.56. The summed E-state index contributed by atoms with van der Waals surface area (Å²) >= 11 is 0. The van der Waals surface area contributed by atoms with Crippen molar-refractivity contribution in [2.75, 3.05) is 0 Å². The van der Waals surface area contributed by atoms with Gasteiger partial charge in [0.05, 0.1) is 5.60 Å². The van der Waals surface area contributed by atoms with Gasteiger partial charge in [0.2, 0.25) is 0 Å². The molecule has 1 N–H and O–H groups in total. The van der Waals surface area contributed by atoms with Gasteiger partial charge in [-0.3, -0.25) is 0 Å². The van der Waals surface area contributed by atoms with E-state index in [-0.39, 0.29) is 0 Å². The summed E-state index contributed by atoms with van der Waals surface area (Å²) in [5.74, 6) is 0. The van der Waals surface area contributed by atoms with Gasteiger partial charge in [-0.05, 0) is 26.7 Å². The second-order valence-electron chi connectivity index (χ2n) is 3.01. The molecule has 0 aliphatic heterocycles. The molecule has 0 fully saturated rings. The summed E-state index contributed by atoms with van der Waals surface area (Å²) in [4.78, 5) is 0. The minimum atomic E-state index is -0.536. The van der Waals surface area contributed by atoms with Crippen molar-refractivity contribution in [3.63, 3.8) is 0 Å². The van der Waals surface area contributed by atoms with Crippen LogP contribution >= 0.6 is 0 Å². The van der Waals surface area contributed by atoms with Crippen molar-refractivity contribution in [3.05, 3.63) is 24.8 Å². The molecule has 0 amide bonds. The molecule has 0 heterocycles. The highest BCUT2D eigenvalue weighted by Gasteiger charge is 2.09. The fourth-order valence-corrected chi connectivity index (χ4v) is 0.629. The van der Waals surface area contributed by atoms with E-state index in [0.29, 0.717) is 0 Å². The minimum absolute atomic E-state index is 0.536. The van der Waals surface area contributed by atoms with Gasteiger partial charge in [0.15, 0.2) is 0 Å². The Morgan fingerprint density at radius 3 is 2.50 bits per heavy atom. The minimum Gasteiger partial charge on any atom is -0.390 e. The average Bonchev–Trinajstić information content (AvgIpc) is 1.78. The van der Waals surface area contributed by atoms with Crippen molar-refractivity contribution < 1.29 is 5.11 Å². The van der Waals surface area contributed by atoms with Gasteiger partial charge in [-0.1, -0.05) is 24.8 Å². The second-order valence-corrected chi connectivity index (χ2v) is 3.01. The molecule has 0 rings (SSSR count). The highest BCUT2D eigenvalue weighted by atomic mass is 16.3. The van der Waals surface area contributed by atoms with Gasteiger partial charge < -0.3 is 5.11 Å². The summed E-state index contributed by atoms with van der Waals surface area (Å²) < 4.78 is 0. The van der Waals surface area contributed by atoms with Crippen LogP contribution < -0.4 is 0 Å². The fraction of sp³-hybridized carbons (Fsp3) is 0.556. The van der Waals surface area contributed by atoms with E-state index in [0.717, 1.165) is 12.8 Å². The van der Waals surface area contributed by atoms with E-state index < -0.39 is 5.60 Å². The lowest BCUT2D eigenvalue weighted by atomic mass is 10.0. The van der Waals surface area contributed by atoms with E-state index in [2.05, 4.69) is 6.58 Å². The summed E-state index contributed by atoms with van der Waals surface area (Å²) in [6.07, 6.45) is 7.36. The van der Waals surface area contributed by atoms with Crippen LogP contribution in [0.1, 0.15) is 26.7 Å². The first kappa shape index (κ1) is 9.44. The molecule has 1 nitrogen and oxygen atoms in total. The zero-order valence-corrected chi connectivity index (χ0v) is 6.80. The molecule has 0 aliphatic carbocycles. The normalized spacial score (nSPS) is 12.3. The van der Waals surface area contributed by atoms with Crippen LogP contribution in [-0.2, 0) is 0 Å². The second kappa shape index (κ2) is 4.29. The molecule has 0 atom stereocenters. The molecule has 1 heteroatoms. The Kier molecular flexibility index (Phi) is 4.05. The van der Waals surface area contributed by atoms with E-state index in [1.807, 2.05) is 26.0 Å². The zero-order chi connectivity index (χ0) is 8.04. The highest BCUT2D eigenvalue weighted by molar-refractivity contribution is 4.97. The van der Waals surface area contributed by atoms with Crippen LogP contribution in [0.15, 0.2) is 24.8 Å². The standard InChI is InChI=1S/C9H16O/c1-4-5-6-7-8-9(2,3)10/h4-6,10H,1,7-8H2,2-3H3/b6-5+. The first-order valence-electron chi connectivity index (χ1n) is 3.56. The maximum Gasteiger partial charge on any atom is 0.0594 e. The van der Waals surface area contributed by atoms with Crippen molar-refractivity contribution in [3.8, 4) is 0 Å². The number of aliphatic hydroxyl groups is 1. The molecule has 10 heavy (non-hydrogen) atoms. The Hall–Kier alpha value is -0.560. The van der Waals surface area contributed by atoms with Gasteiger partial charge in [-0.15, -0.1) is 0 Å². The van der Waals surface area contributed by atoms with Crippen LogP contribution in [0.4, 0.5) is 0 Å². The molecule has 58 valence electrons. The third-order valence-corrected chi connectivity index (χ3v) is 1.19. The molecular weight excluding hydrogens is 124 g/mol. The molecular formula is C9H16O. The summed E-state index contributed by atoms with van der Waals surface area (Å²) in [6.45, 7) is 7.17. The lowest BCUT2D eigenvalue weighted by Gasteiger charge is -2.14. The number of rotatable bonds is 4. The Morgan fingerprint density at radius 2 is 2.10 bits per heavy atom. The third-order valence-electron chi connectivity index (χ3n) is 1.19. The topological polar surface area (TPSA) is 20.2 Å². The quantitative estimate of drug-likeness (QED) is 0.594. The van der Waals surface area contributed by atoms with Gasteiger partial charge in [-0.25, -0.2) is 0 Å². The van der Waals surface area contributed by atoms with E-state index in [4.69, 9.17) is 0 Å². The molecule has 0 radical (unpaired) electrons. The molecule has 0 aliphatic rings. The van der Waals surface area contributed by atoms with Crippen LogP contribution in [0, 0.1) is 0 Å². The van der Waals surface area contributed by atoms with Crippen molar-refractivity contribution in [2.45, 2.75) is 32.3 Å². The van der Waals surface area contributed by atoms with E-state index in [1.165, 1.54) is 0 Å². The molecule has 0 saturated heterocycles. The highest BCUT2D eigenvalue weighted by Crippen LogP contribution is 2.09. The largest absolute Gasteiger partial charge is 0.390 e. The maximum absolute atomic E-state index is 9.26. The number of hydrogen-bond donors (Lipinski definition) is 1. The average molecular weight is 140 g/mol. The SMILES string of the molecule is C=C/C=C/CCC(C)(C)O. The third kappa shape index (κ3) is 7.44. The van der Waals surface area contributed by atoms with Crippen molar-refractivity contribution in [2.24, 2.45) is 0 Å². The fourth-order valence-electron chi connectivity index (χ4n) is 0.629. The van der Waals surface area contributed by atoms with Gasteiger partial charge in [-0.2, -0.15) is 0 Å². The van der Waals surface area contributed by atoms with Gasteiger partial charge in [0.25, 0.3) is 0 Å². The van der Waals surface area contributed by atoms with Crippen molar-refractivity contribution in [1.29, 1.82) is 0 Å². The maximum atomic E-state index is 9.26. The predicted octanol–water partition coefficient (Wildman–Crippen LogP) is 2.28. The van der Waals surface area contributed by atoms with Crippen LogP contribution in [0.5, 0.6) is 0 Å². The van der Waals surface area contributed by atoms with Crippen LogP contribution in [0.25, 0.3) is 0 Å². The first-order valence-corrected chi connectivity index (χ1v) is 3.56. The molecule has 0 aromatic heterocycles. The predicted molar refractivity (Wildman–Crippen MR) is 44.9 cm³/mol. The number of hydrogen-bond acceptors (Lipinski definition) is 1. The summed E-state index contributed by atoms with van der Waals surface area (Å²) in [7, 11) is 0. The smallest absolute Gasteiger partial charge is 0.0594 e. The van der Waals surface area contributed by atoms with Crippen LogP contribution in [0.3, 0.4) is 0 Å². The van der Waals surface area contributed by atoms with E-state index in [9.17, 15) is 5.11 Å². The molecule has 0 aromatic carbocycles. The lowest BCUT2D eigenvalue weighted by molar-refractivity contribution is 0.0721.